The van der Waals surface area contributed by atoms with Crippen LogP contribution in [0.2, 0.25) is 0 Å². The summed E-state index contributed by atoms with van der Waals surface area (Å²) in [5.74, 6) is 2.63. The number of thioether (sulfide) groups is 1. The van der Waals surface area contributed by atoms with Crippen LogP contribution >= 0.6 is 11.8 Å². The maximum atomic E-state index is 3.65. The lowest BCUT2D eigenvalue weighted by molar-refractivity contribution is 0.344. The lowest BCUT2D eigenvalue weighted by Crippen LogP contribution is -2.35. The van der Waals surface area contributed by atoms with E-state index < -0.39 is 0 Å². The van der Waals surface area contributed by atoms with Crippen molar-refractivity contribution >= 4 is 11.8 Å². The summed E-state index contributed by atoms with van der Waals surface area (Å²) >= 11 is 2.09. The second-order valence-corrected chi connectivity index (χ2v) is 5.88. The standard InChI is InChI=1S/C12H25NS/c1-4-9-13-11(3)12(6-7-12)8-10-14-5-2/h11,13H,4-10H2,1-3H3. The number of hydrogen-bond donors (Lipinski definition) is 1. The maximum absolute atomic E-state index is 3.65. The Hall–Kier alpha value is 0.310. The second kappa shape index (κ2) is 6.02. The third kappa shape index (κ3) is 3.47. The van der Waals surface area contributed by atoms with Crippen molar-refractivity contribution in [2.24, 2.45) is 5.41 Å². The van der Waals surface area contributed by atoms with Crippen molar-refractivity contribution in [3.05, 3.63) is 0 Å². The minimum atomic E-state index is 0.678. The molecule has 1 aliphatic rings. The highest BCUT2D eigenvalue weighted by Gasteiger charge is 2.46. The molecule has 84 valence electrons. The first-order chi connectivity index (χ1) is 6.75. The van der Waals surface area contributed by atoms with Crippen molar-refractivity contribution in [1.29, 1.82) is 0 Å². The van der Waals surface area contributed by atoms with Crippen LogP contribution in [0.1, 0.15) is 46.5 Å². The van der Waals surface area contributed by atoms with Crippen LogP contribution in [0.5, 0.6) is 0 Å². The Balaban J connectivity index is 2.19. The maximum Gasteiger partial charge on any atom is 0.00954 e. The van der Waals surface area contributed by atoms with E-state index in [1.54, 1.807) is 0 Å². The molecule has 0 radical (unpaired) electrons. The summed E-state index contributed by atoms with van der Waals surface area (Å²) in [6.07, 6.45) is 5.58. The Labute approximate surface area is 93.4 Å². The summed E-state index contributed by atoms with van der Waals surface area (Å²) < 4.78 is 0. The minimum Gasteiger partial charge on any atom is -0.314 e. The Morgan fingerprint density at radius 2 is 2.07 bits per heavy atom. The van der Waals surface area contributed by atoms with Crippen molar-refractivity contribution in [2.45, 2.75) is 52.5 Å². The molecule has 1 fully saturated rings. The first-order valence-electron chi connectivity index (χ1n) is 6.06. The fraction of sp³-hybridized carbons (Fsp3) is 1.00. The summed E-state index contributed by atoms with van der Waals surface area (Å²) in [4.78, 5) is 0. The molecule has 0 bridgehead atoms. The average molecular weight is 215 g/mol. The normalized spacial score (nSPS) is 20.8. The molecule has 14 heavy (non-hydrogen) atoms. The van der Waals surface area contributed by atoms with Crippen molar-refractivity contribution in [3.63, 3.8) is 0 Å². The largest absolute Gasteiger partial charge is 0.314 e. The van der Waals surface area contributed by atoms with Gasteiger partial charge in [-0.25, -0.2) is 0 Å². The van der Waals surface area contributed by atoms with Gasteiger partial charge in [-0.15, -0.1) is 0 Å². The molecule has 0 aromatic rings. The molecule has 0 amide bonds. The van der Waals surface area contributed by atoms with Gasteiger partial charge in [-0.3, -0.25) is 0 Å². The van der Waals surface area contributed by atoms with Gasteiger partial charge in [0.2, 0.25) is 0 Å². The predicted octanol–water partition coefficient (Wildman–Crippen LogP) is 3.30. The van der Waals surface area contributed by atoms with Gasteiger partial charge in [0.15, 0.2) is 0 Å². The Morgan fingerprint density at radius 3 is 2.57 bits per heavy atom. The van der Waals surface area contributed by atoms with Crippen molar-refractivity contribution in [3.8, 4) is 0 Å². The molecule has 1 saturated carbocycles. The van der Waals surface area contributed by atoms with Crippen LogP contribution in [-0.4, -0.2) is 24.1 Å². The van der Waals surface area contributed by atoms with E-state index in [0.717, 1.165) is 6.04 Å². The van der Waals surface area contributed by atoms with E-state index in [-0.39, 0.29) is 0 Å². The van der Waals surface area contributed by atoms with Crippen LogP contribution in [-0.2, 0) is 0 Å². The third-order valence-electron chi connectivity index (χ3n) is 3.46. The van der Waals surface area contributed by atoms with E-state index in [1.165, 1.54) is 43.7 Å². The van der Waals surface area contributed by atoms with Gasteiger partial charge in [-0.1, -0.05) is 13.8 Å². The van der Waals surface area contributed by atoms with Gasteiger partial charge >= 0.3 is 0 Å². The van der Waals surface area contributed by atoms with Crippen LogP contribution in [0.15, 0.2) is 0 Å². The number of hydrogen-bond acceptors (Lipinski definition) is 2. The van der Waals surface area contributed by atoms with Crippen molar-refractivity contribution < 1.29 is 0 Å². The van der Waals surface area contributed by atoms with Crippen LogP contribution in [0.25, 0.3) is 0 Å². The fourth-order valence-electron chi connectivity index (χ4n) is 2.06. The molecular weight excluding hydrogens is 190 g/mol. The molecule has 0 saturated heterocycles. The fourth-order valence-corrected chi connectivity index (χ4v) is 2.90. The zero-order valence-electron chi connectivity index (χ0n) is 9.94. The van der Waals surface area contributed by atoms with E-state index >= 15 is 0 Å². The molecule has 0 aromatic carbocycles. The smallest absolute Gasteiger partial charge is 0.00954 e. The topological polar surface area (TPSA) is 12.0 Å². The quantitative estimate of drug-likeness (QED) is 0.624. The summed E-state index contributed by atoms with van der Waals surface area (Å²) in [6.45, 7) is 8.05. The molecular formula is C12H25NS. The van der Waals surface area contributed by atoms with Gasteiger partial charge in [-0.05, 0) is 56.1 Å². The van der Waals surface area contributed by atoms with Gasteiger partial charge < -0.3 is 5.32 Å². The molecule has 0 aromatic heterocycles. The predicted molar refractivity (Wildman–Crippen MR) is 67.0 cm³/mol. The van der Waals surface area contributed by atoms with Crippen molar-refractivity contribution in [2.75, 3.05) is 18.1 Å². The molecule has 1 nitrogen and oxygen atoms in total. The molecule has 1 unspecified atom stereocenters. The van der Waals surface area contributed by atoms with Crippen LogP contribution in [0, 0.1) is 5.41 Å². The minimum absolute atomic E-state index is 0.678. The Kier molecular flexibility index (Phi) is 5.32. The molecule has 1 atom stereocenters. The molecule has 1 N–H and O–H groups in total. The van der Waals surface area contributed by atoms with Gasteiger partial charge in [-0.2, -0.15) is 11.8 Å². The number of nitrogens with one attached hydrogen (secondary N) is 1. The van der Waals surface area contributed by atoms with Gasteiger partial charge in [0.05, 0.1) is 0 Å². The van der Waals surface area contributed by atoms with E-state index in [1.807, 2.05) is 0 Å². The van der Waals surface area contributed by atoms with Crippen LogP contribution in [0.3, 0.4) is 0 Å². The summed E-state index contributed by atoms with van der Waals surface area (Å²) in [5, 5.41) is 3.65. The summed E-state index contributed by atoms with van der Waals surface area (Å²) in [6, 6.07) is 0.736. The lowest BCUT2D eigenvalue weighted by atomic mass is 9.95. The Morgan fingerprint density at radius 1 is 1.36 bits per heavy atom. The van der Waals surface area contributed by atoms with Crippen LogP contribution in [0.4, 0.5) is 0 Å². The zero-order chi connectivity index (χ0) is 10.4. The molecule has 1 rings (SSSR count). The first-order valence-corrected chi connectivity index (χ1v) is 7.22. The second-order valence-electron chi connectivity index (χ2n) is 4.49. The van der Waals surface area contributed by atoms with E-state index in [0.29, 0.717) is 5.41 Å². The Bertz CT molecular complexity index is 154. The van der Waals surface area contributed by atoms with Gasteiger partial charge in [0.1, 0.15) is 0 Å². The van der Waals surface area contributed by atoms with Gasteiger partial charge in [0, 0.05) is 6.04 Å². The molecule has 2 heteroatoms. The van der Waals surface area contributed by atoms with E-state index in [4.69, 9.17) is 0 Å². The average Bonchev–Trinajstić information content (AvgIpc) is 2.96. The summed E-state index contributed by atoms with van der Waals surface area (Å²) in [7, 11) is 0. The van der Waals surface area contributed by atoms with E-state index in [2.05, 4.69) is 37.8 Å². The molecule has 0 spiro atoms. The van der Waals surface area contributed by atoms with Gasteiger partial charge in [0.25, 0.3) is 0 Å². The van der Waals surface area contributed by atoms with Crippen molar-refractivity contribution in [1.82, 2.24) is 5.32 Å². The summed E-state index contributed by atoms with van der Waals surface area (Å²) in [5.41, 5.74) is 0.678. The molecule has 1 aliphatic carbocycles. The lowest BCUT2D eigenvalue weighted by Gasteiger charge is -2.24. The molecule has 0 aliphatic heterocycles. The zero-order valence-corrected chi connectivity index (χ0v) is 10.8. The highest BCUT2D eigenvalue weighted by molar-refractivity contribution is 7.99. The van der Waals surface area contributed by atoms with Crippen LogP contribution < -0.4 is 5.32 Å². The number of rotatable bonds is 8. The highest BCUT2D eigenvalue weighted by Crippen LogP contribution is 2.52. The molecule has 0 heterocycles. The monoisotopic (exact) mass is 215 g/mol. The van der Waals surface area contributed by atoms with E-state index in [9.17, 15) is 0 Å². The first kappa shape index (κ1) is 12.4. The SMILES string of the molecule is CCCNC(C)C1(CCSCC)CC1. The third-order valence-corrected chi connectivity index (χ3v) is 4.36. The highest BCUT2D eigenvalue weighted by atomic mass is 32.2.